The average Bonchev–Trinajstić information content (AvgIpc) is 3.47. The first-order valence-corrected chi connectivity index (χ1v) is 11.0. The molecule has 1 fully saturated rings. The lowest BCUT2D eigenvalue weighted by molar-refractivity contribution is -0.0197. The maximum absolute atomic E-state index is 9.48. The van der Waals surface area contributed by atoms with Crippen LogP contribution in [0.1, 0.15) is 30.2 Å². The number of nitrogens with zero attached hydrogens (tertiary/aromatic N) is 4. The van der Waals surface area contributed by atoms with Crippen LogP contribution in [0.25, 0.3) is 11.2 Å². The minimum absolute atomic E-state index is 0.0151. The van der Waals surface area contributed by atoms with Crippen LogP contribution < -0.4 is 15.8 Å². The molecule has 2 atom stereocenters. The second kappa shape index (κ2) is 9.43. The van der Waals surface area contributed by atoms with E-state index in [1.165, 1.54) is 6.33 Å². The second-order valence-corrected chi connectivity index (χ2v) is 7.98. The molecule has 4 aromatic rings. The van der Waals surface area contributed by atoms with Crippen LogP contribution in [-0.2, 0) is 17.9 Å². The molecule has 3 heterocycles. The first-order valence-electron chi connectivity index (χ1n) is 11.0. The van der Waals surface area contributed by atoms with Gasteiger partial charge in [0.1, 0.15) is 24.9 Å². The van der Waals surface area contributed by atoms with Crippen LogP contribution in [0.5, 0.6) is 5.75 Å². The van der Waals surface area contributed by atoms with Gasteiger partial charge in [0.15, 0.2) is 17.0 Å². The molecule has 5 rings (SSSR count). The van der Waals surface area contributed by atoms with E-state index in [0.717, 1.165) is 29.7 Å². The van der Waals surface area contributed by atoms with E-state index in [9.17, 15) is 5.11 Å². The molecule has 1 aliphatic rings. The summed E-state index contributed by atoms with van der Waals surface area (Å²) in [6, 6.07) is 18.0. The Kier molecular flexibility index (Phi) is 6.05. The number of nitrogen functional groups attached to an aromatic ring is 1. The van der Waals surface area contributed by atoms with E-state index < -0.39 is 0 Å². The molecule has 33 heavy (non-hydrogen) atoms. The van der Waals surface area contributed by atoms with E-state index in [1.54, 1.807) is 0 Å². The van der Waals surface area contributed by atoms with Gasteiger partial charge in [0.25, 0.3) is 0 Å². The molecule has 0 bridgehead atoms. The van der Waals surface area contributed by atoms with E-state index in [0.29, 0.717) is 36.1 Å². The molecule has 0 unspecified atom stereocenters. The summed E-state index contributed by atoms with van der Waals surface area (Å²) in [7, 11) is 0. The lowest BCUT2D eigenvalue weighted by atomic mass is 10.2. The summed E-state index contributed by atoms with van der Waals surface area (Å²) < 4.78 is 13.9. The first kappa shape index (κ1) is 21.2. The van der Waals surface area contributed by atoms with E-state index in [2.05, 4.69) is 20.3 Å². The Morgan fingerprint density at radius 1 is 1.09 bits per heavy atom. The molecule has 0 spiro atoms. The van der Waals surface area contributed by atoms with Crippen LogP contribution in [0, 0.1) is 0 Å². The summed E-state index contributed by atoms with van der Waals surface area (Å²) >= 11 is 0. The number of aromatic nitrogens is 4. The summed E-state index contributed by atoms with van der Waals surface area (Å²) in [6.07, 6.45) is 2.45. The van der Waals surface area contributed by atoms with E-state index in [-0.39, 0.29) is 18.9 Å². The quantitative estimate of drug-likeness (QED) is 0.377. The summed E-state index contributed by atoms with van der Waals surface area (Å²) in [4.78, 5) is 13.1. The van der Waals surface area contributed by atoms with E-state index in [4.69, 9.17) is 15.2 Å². The molecule has 0 aliphatic carbocycles. The van der Waals surface area contributed by atoms with Crippen LogP contribution in [0.3, 0.4) is 0 Å². The van der Waals surface area contributed by atoms with Crippen molar-refractivity contribution < 1.29 is 14.6 Å². The van der Waals surface area contributed by atoms with Gasteiger partial charge in [-0.25, -0.2) is 15.0 Å². The molecular formula is C24H26N6O3. The largest absolute Gasteiger partial charge is 0.489 e. The highest BCUT2D eigenvalue weighted by Crippen LogP contribution is 2.34. The fraction of sp³-hybridized carbons (Fsp3) is 0.292. The smallest absolute Gasteiger partial charge is 0.207 e. The van der Waals surface area contributed by atoms with Gasteiger partial charge < -0.3 is 25.6 Å². The topological polar surface area (TPSA) is 120 Å². The van der Waals surface area contributed by atoms with Crippen molar-refractivity contribution in [3.63, 3.8) is 0 Å². The molecule has 2 aromatic heterocycles. The molecule has 0 amide bonds. The van der Waals surface area contributed by atoms with Crippen molar-refractivity contribution in [1.82, 2.24) is 19.5 Å². The number of aliphatic hydroxyl groups excluding tert-OH is 1. The summed E-state index contributed by atoms with van der Waals surface area (Å²) in [5.74, 6) is 1.71. The SMILES string of the molecule is Nc1ncnc2c1nc(NCc1cccc(OCc3ccccc3)c1)n2[C@H]1CC[C@@H](CO)O1. The van der Waals surface area contributed by atoms with Crippen LogP contribution in [-0.4, -0.2) is 37.3 Å². The van der Waals surface area contributed by atoms with Crippen molar-refractivity contribution in [2.45, 2.75) is 38.3 Å². The van der Waals surface area contributed by atoms with Crippen LogP contribution in [0.4, 0.5) is 11.8 Å². The highest BCUT2D eigenvalue weighted by molar-refractivity contribution is 5.84. The number of nitrogens with two attached hydrogens (primary N) is 1. The third kappa shape index (κ3) is 4.59. The summed E-state index contributed by atoms with van der Waals surface area (Å²) in [5, 5.41) is 12.9. The van der Waals surface area contributed by atoms with Gasteiger partial charge in [0.05, 0.1) is 12.7 Å². The van der Waals surface area contributed by atoms with E-state index >= 15 is 0 Å². The van der Waals surface area contributed by atoms with Crippen molar-refractivity contribution in [3.05, 3.63) is 72.1 Å². The van der Waals surface area contributed by atoms with Gasteiger partial charge in [-0.05, 0) is 36.1 Å². The molecule has 0 saturated carbocycles. The number of imidazole rings is 1. The Balaban J connectivity index is 1.34. The average molecular weight is 447 g/mol. The number of benzene rings is 2. The molecule has 1 aliphatic heterocycles. The lowest BCUT2D eigenvalue weighted by Gasteiger charge is -2.17. The zero-order chi connectivity index (χ0) is 22.6. The third-order valence-electron chi connectivity index (χ3n) is 5.68. The Morgan fingerprint density at radius 2 is 1.94 bits per heavy atom. The van der Waals surface area contributed by atoms with Gasteiger partial charge in [-0.3, -0.25) is 4.57 Å². The molecular weight excluding hydrogens is 420 g/mol. The molecule has 170 valence electrons. The number of rotatable bonds is 8. The number of ether oxygens (including phenoxy) is 2. The van der Waals surface area contributed by atoms with Gasteiger partial charge >= 0.3 is 0 Å². The number of aliphatic hydroxyl groups is 1. The fourth-order valence-electron chi connectivity index (χ4n) is 4.00. The molecule has 4 N–H and O–H groups in total. The Labute approximate surface area is 191 Å². The Hall–Kier alpha value is -3.69. The number of fused-ring (bicyclic) bond motifs is 1. The molecule has 2 aromatic carbocycles. The summed E-state index contributed by atoms with van der Waals surface area (Å²) in [6.45, 7) is 1.02. The second-order valence-electron chi connectivity index (χ2n) is 7.98. The molecule has 1 saturated heterocycles. The highest BCUT2D eigenvalue weighted by atomic mass is 16.5. The van der Waals surface area contributed by atoms with Crippen LogP contribution in [0.15, 0.2) is 60.9 Å². The zero-order valence-electron chi connectivity index (χ0n) is 18.1. The van der Waals surface area contributed by atoms with Crippen molar-refractivity contribution >= 4 is 22.9 Å². The van der Waals surface area contributed by atoms with Crippen molar-refractivity contribution in [2.24, 2.45) is 0 Å². The Morgan fingerprint density at radius 3 is 2.76 bits per heavy atom. The first-order chi connectivity index (χ1) is 16.2. The van der Waals surface area contributed by atoms with Crippen molar-refractivity contribution in [1.29, 1.82) is 0 Å². The third-order valence-corrected chi connectivity index (χ3v) is 5.68. The molecule has 9 heteroatoms. The van der Waals surface area contributed by atoms with E-state index in [1.807, 2.05) is 59.2 Å². The van der Waals surface area contributed by atoms with Crippen LogP contribution >= 0.6 is 0 Å². The van der Waals surface area contributed by atoms with Crippen molar-refractivity contribution in [3.8, 4) is 5.75 Å². The molecule has 9 nitrogen and oxygen atoms in total. The number of nitrogens with one attached hydrogen (secondary N) is 1. The number of hydrogen-bond donors (Lipinski definition) is 3. The van der Waals surface area contributed by atoms with Gasteiger partial charge in [-0.1, -0.05) is 42.5 Å². The minimum atomic E-state index is -0.288. The number of hydrogen-bond acceptors (Lipinski definition) is 8. The van der Waals surface area contributed by atoms with Gasteiger partial charge in [0, 0.05) is 6.54 Å². The van der Waals surface area contributed by atoms with Gasteiger partial charge in [0.2, 0.25) is 5.95 Å². The fourth-order valence-corrected chi connectivity index (χ4v) is 4.00. The zero-order valence-corrected chi connectivity index (χ0v) is 18.1. The molecule has 0 radical (unpaired) electrons. The van der Waals surface area contributed by atoms with Gasteiger partial charge in [-0.2, -0.15) is 0 Å². The highest BCUT2D eigenvalue weighted by Gasteiger charge is 2.30. The lowest BCUT2D eigenvalue weighted by Crippen LogP contribution is -2.17. The standard InChI is InChI=1S/C24H26N6O3/c25-22-21-23(28-15-27-22)30(20-10-9-19(13-31)33-20)24(29-21)26-12-17-7-4-8-18(11-17)32-14-16-5-2-1-3-6-16/h1-8,11,15,19-20,31H,9-10,12-14H2,(H,26,29)(H2,25,27,28)/t19-,20+/m0/s1. The van der Waals surface area contributed by atoms with Gasteiger partial charge in [-0.15, -0.1) is 0 Å². The normalized spacial score (nSPS) is 18.0. The van der Waals surface area contributed by atoms with Crippen molar-refractivity contribution in [2.75, 3.05) is 17.7 Å². The predicted molar refractivity (Wildman–Crippen MR) is 125 cm³/mol. The minimum Gasteiger partial charge on any atom is -0.489 e. The number of anilines is 2. The predicted octanol–water partition coefficient (Wildman–Crippen LogP) is 3.27. The Bertz CT molecular complexity index is 1230. The maximum Gasteiger partial charge on any atom is 0.207 e. The summed E-state index contributed by atoms with van der Waals surface area (Å²) in [5.41, 5.74) is 9.33. The maximum atomic E-state index is 9.48. The van der Waals surface area contributed by atoms with Crippen LogP contribution in [0.2, 0.25) is 0 Å². The monoisotopic (exact) mass is 446 g/mol.